The topological polar surface area (TPSA) is 0 Å². The van der Waals surface area contributed by atoms with E-state index in [0.717, 1.165) is 35.0 Å². The van der Waals surface area contributed by atoms with Crippen LogP contribution in [0.15, 0.2) is 12.2 Å². The summed E-state index contributed by atoms with van der Waals surface area (Å²) in [6, 6.07) is 0. The van der Waals surface area contributed by atoms with E-state index in [1.54, 1.807) is 5.57 Å². The minimum Gasteiger partial charge on any atom is -0.0995 e. The standard InChI is InChI=1S/C19H30.2C2H6/c1-5-14-13(3)10-19-15(12(2)6-7-16(14)19)8-9-18(4)11-17(18)19;2*1-2/h12,14-17H,3,5-11H2,1-2,4H3;2*1-2H3. The summed E-state index contributed by atoms with van der Waals surface area (Å²) in [6.45, 7) is 20.1. The fourth-order valence-electron chi connectivity index (χ4n) is 7.14. The Hall–Kier alpha value is -0.260. The summed E-state index contributed by atoms with van der Waals surface area (Å²) in [5, 5.41) is 0. The molecule has 0 saturated heterocycles. The fraction of sp³-hybridized carbons (Fsp3) is 0.913. The third-order valence-corrected chi connectivity index (χ3v) is 8.01. The van der Waals surface area contributed by atoms with Crippen LogP contribution in [0.5, 0.6) is 0 Å². The Morgan fingerprint density at radius 2 is 1.70 bits per heavy atom. The highest BCUT2D eigenvalue weighted by Gasteiger charge is 2.71. The summed E-state index contributed by atoms with van der Waals surface area (Å²) in [7, 11) is 0. The van der Waals surface area contributed by atoms with Gasteiger partial charge in [-0.15, -0.1) is 0 Å². The maximum absolute atomic E-state index is 4.52. The van der Waals surface area contributed by atoms with Gasteiger partial charge >= 0.3 is 0 Å². The van der Waals surface area contributed by atoms with Crippen LogP contribution in [0.25, 0.3) is 0 Å². The Bertz CT molecular complexity index is 422. The van der Waals surface area contributed by atoms with Crippen molar-refractivity contribution in [3.63, 3.8) is 0 Å². The quantitative estimate of drug-likeness (QED) is 0.439. The van der Waals surface area contributed by atoms with Crippen LogP contribution < -0.4 is 0 Å². The van der Waals surface area contributed by atoms with Gasteiger partial charge in [0.1, 0.15) is 0 Å². The second kappa shape index (κ2) is 6.93. The molecule has 0 aromatic carbocycles. The molecule has 4 aliphatic carbocycles. The summed E-state index contributed by atoms with van der Waals surface area (Å²) >= 11 is 0. The minimum absolute atomic E-state index is 0.697. The summed E-state index contributed by atoms with van der Waals surface area (Å²) in [5.74, 6) is 4.92. The van der Waals surface area contributed by atoms with Crippen molar-refractivity contribution in [2.24, 2.45) is 40.4 Å². The zero-order chi connectivity index (χ0) is 17.4. The summed E-state index contributed by atoms with van der Waals surface area (Å²) in [4.78, 5) is 0. The van der Waals surface area contributed by atoms with Crippen molar-refractivity contribution in [1.29, 1.82) is 0 Å². The second-order valence-corrected chi connectivity index (χ2v) is 8.68. The molecule has 7 unspecified atom stereocenters. The van der Waals surface area contributed by atoms with Gasteiger partial charge in [-0.05, 0) is 78.9 Å². The van der Waals surface area contributed by atoms with Gasteiger partial charge in [-0.25, -0.2) is 0 Å². The maximum Gasteiger partial charge on any atom is -0.0162 e. The average molecular weight is 319 g/mol. The van der Waals surface area contributed by atoms with Crippen LogP contribution in [0.3, 0.4) is 0 Å². The molecule has 134 valence electrons. The Balaban J connectivity index is 0.000000448. The van der Waals surface area contributed by atoms with Crippen molar-refractivity contribution in [2.75, 3.05) is 0 Å². The molecule has 0 nitrogen and oxygen atoms in total. The van der Waals surface area contributed by atoms with Gasteiger partial charge in [0, 0.05) is 0 Å². The van der Waals surface area contributed by atoms with E-state index in [2.05, 4.69) is 27.4 Å². The monoisotopic (exact) mass is 318 g/mol. The lowest BCUT2D eigenvalue weighted by molar-refractivity contribution is -0.0620. The molecule has 0 N–H and O–H groups in total. The van der Waals surface area contributed by atoms with Gasteiger partial charge < -0.3 is 0 Å². The molecule has 0 heterocycles. The number of rotatable bonds is 1. The first kappa shape index (κ1) is 19.1. The normalized spacial score (nSPS) is 49.5. The summed E-state index contributed by atoms with van der Waals surface area (Å²) in [6.07, 6.45) is 10.3. The third-order valence-electron chi connectivity index (χ3n) is 8.01. The number of fused-ring (bicyclic) bond motifs is 1. The first-order valence-corrected chi connectivity index (χ1v) is 10.7. The Kier molecular flexibility index (Phi) is 5.74. The zero-order valence-corrected chi connectivity index (χ0v) is 17.0. The summed E-state index contributed by atoms with van der Waals surface area (Å²) in [5.41, 5.74) is 3.06. The third kappa shape index (κ3) is 2.63. The lowest BCUT2D eigenvalue weighted by Gasteiger charge is -2.54. The number of hydrogen-bond donors (Lipinski definition) is 0. The van der Waals surface area contributed by atoms with Crippen LogP contribution in [-0.2, 0) is 0 Å². The molecule has 7 atom stereocenters. The molecule has 4 rings (SSSR count). The number of hydrogen-bond acceptors (Lipinski definition) is 0. The van der Waals surface area contributed by atoms with E-state index in [9.17, 15) is 0 Å². The van der Waals surface area contributed by atoms with Crippen LogP contribution in [-0.4, -0.2) is 0 Å². The van der Waals surface area contributed by atoms with Gasteiger partial charge in [-0.3, -0.25) is 0 Å². The SMILES string of the molecule is C=C1CC23C(CCC4(C)CC42)C(C)CCC3C1CC.CC.CC. The maximum atomic E-state index is 4.52. The molecule has 0 amide bonds. The molecule has 0 radical (unpaired) electrons. The van der Waals surface area contributed by atoms with Gasteiger partial charge in [0.25, 0.3) is 0 Å². The van der Waals surface area contributed by atoms with Gasteiger partial charge in [-0.1, -0.05) is 67.0 Å². The molecule has 0 bridgehead atoms. The van der Waals surface area contributed by atoms with E-state index in [1.165, 1.54) is 44.9 Å². The Morgan fingerprint density at radius 1 is 1.04 bits per heavy atom. The van der Waals surface area contributed by atoms with Crippen LogP contribution in [0.1, 0.15) is 93.4 Å². The van der Waals surface area contributed by atoms with Gasteiger partial charge in [0.2, 0.25) is 0 Å². The smallest absolute Gasteiger partial charge is 0.0162 e. The van der Waals surface area contributed by atoms with E-state index in [4.69, 9.17) is 0 Å². The van der Waals surface area contributed by atoms with Crippen LogP contribution in [0.2, 0.25) is 0 Å². The van der Waals surface area contributed by atoms with Gasteiger partial charge in [-0.2, -0.15) is 0 Å². The molecule has 0 aliphatic heterocycles. The van der Waals surface area contributed by atoms with Crippen LogP contribution in [0, 0.1) is 40.4 Å². The molecule has 23 heavy (non-hydrogen) atoms. The molecule has 4 aliphatic rings. The van der Waals surface area contributed by atoms with E-state index in [1.807, 2.05) is 27.7 Å². The van der Waals surface area contributed by atoms with E-state index < -0.39 is 0 Å². The predicted molar refractivity (Wildman–Crippen MR) is 103 cm³/mol. The van der Waals surface area contributed by atoms with Crippen molar-refractivity contribution in [1.82, 2.24) is 0 Å². The second-order valence-electron chi connectivity index (χ2n) is 8.68. The Labute approximate surface area is 146 Å². The average Bonchev–Trinajstić information content (AvgIpc) is 3.19. The first-order chi connectivity index (χ1) is 11.0. The van der Waals surface area contributed by atoms with Crippen molar-refractivity contribution in [3.8, 4) is 0 Å². The van der Waals surface area contributed by atoms with Crippen molar-refractivity contribution in [3.05, 3.63) is 12.2 Å². The minimum atomic E-state index is 0.697. The highest BCUT2D eigenvalue weighted by molar-refractivity contribution is 5.27. The highest BCUT2D eigenvalue weighted by Crippen LogP contribution is 2.79. The van der Waals surface area contributed by atoms with E-state index in [-0.39, 0.29) is 0 Å². The van der Waals surface area contributed by atoms with E-state index in [0.29, 0.717) is 5.41 Å². The molecule has 1 spiro atoms. The highest BCUT2D eigenvalue weighted by atomic mass is 14.8. The zero-order valence-electron chi connectivity index (χ0n) is 17.0. The summed E-state index contributed by atoms with van der Waals surface area (Å²) < 4.78 is 0. The molecule has 0 heteroatoms. The first-order valence-electron chi connectivity index (χ1n) is 10.7. The lowest BCUT2D eigenvalue weighted by atomic mass is 9.50. The molecule has 4 fully saturated rings. The van der Waals surface area contributed by atoms with Crippen molar-refractivity contribution < 1.29 is 0 Å². The molecule has 0 aromatic rings. The lowest BCUT2D eigenvalue weighted by Crippen LogP contribution is -2.48. The van der Waals surface area contributed by atoms with Gasteiger partial charge in [0.15, 0.2) is 0 Å². The van der Waals surface area contributed by atoms with E-state index >= 15 is 0 Å². The largest absolute Gasteiger partial charge is 0.0995 e. The molecule has 0 aromatic heterocycles. The van der Waals surface area contributed by atoms with Crippen LogP contribution >= 0.6 is 0 Å². The molecular weight excluding hydrogens is 276 g/mol. The van der Waals surface area contributed by atoms with Crippen molar-refractivity contribution >= 4 is 0 Å². The van der Waals surface area contributed by atoms with Crippen molar-refractivity contribution in [2.45, 2.75) is 93.4 Å². The Morgan fingerprint density at radius 3 is 2.30 bits per heavy atom. The molecule has 4 saturated carbocycles. The van der Waals surface area contributed by atoms with Gasteiger partial charge in [0.05, 0.1) is 0 Å². The number of allylic oxidation sites excluding steroid dienone is 1. The molecular formula is C23H42. The predicted octanol–water partition coefficient (Wildman–Crippen LogP) is 7.49. The fourth-order valence-corrected chi connectivity index (χ4v) is 7.14. The van der Waals surface area contributed by atoms with Crippen LogP contribution in [0.4, 0.5) is 0 Å².